The number of rotatable bonds is 9. The van der Waals surface area contributed by atoms with Gasteiger partial charge in [-0.2, -0.15) is 0 Å². The van der Waals surface area contributed by atoms with Crippen molar-refractivity contribution in [3.05, 3.63) is 70.3 Å². The highest BCUT2D eigenvalue weighted by atomic mass is 19.1. The zero-order valence-electron chi connectivity index (χ0n) is 22.0. The van der Waals surface area contributed by atoms with E-state index in [2.05, 4.69) is 10.1 Å². The molecule has 204 valence electrons. The van der Waals surface area contributed by atoms with Gasteiger partial charge in [0.25, 0.3) is 5.91 Å². The minimum atomic E-state index is -1.61. The van der Waals surface area contributed by atoms with Crippen LogP contribution in [0.15, 0.2) is 36.4 Å². The predicted molar refractivity (Wildman–Crippen MR) is 137 cm³/mol. The Morgan fingerprint density at radius 2 is 1.84 bits per heavy atom. The predicted octanol–water partition coefficient (Wildman–Crippen LogP) is 4.89. The number of esters is 1. The standard InChI is InChI=1S/C29H33F3N2O4/c1-17-11-19-14-21(38-15-25(35)33-20-6-7-20)8-9-22(19)28(34(17)16-29(2,3)32)27-23(30)12-18(13-24(27)31)5-10-26(36)37-4/h5,8-10,12-14,17,20,28H,6-7,11,15-16H2,1-4H3,(H,33,35)/b10-5+. The van der Waals surface area contributed by atoms with Crippen LogP contribution in [0.4, 0.5) is 13.2 Å². The molecular weight excluding hydrogens is 497 g/mol. The molecule has 1 saturated carbocycles. The van der Waals surface area contributed by atoms with Crippen LogP contribution in [0.25, 0.3) is 6.08 Å². The minimum absolute atomic E-state index is 0.0409. The van der Waals surface area contributed by atoms with Gasteiger partial charge in [0.1, 0.15) is 23.1 Å². The molecule has 6 nitrogen and oxygen atoms in total. The van der Waals surface area contributed by atoms with Crippen LogP contribution >= 0.6 is 0 Å². The van der Waals surface area contributed by atoms with Gasteiger partial charge in [0.15, 0.2) is 6.61 Å². The second kappa shape index (κ2) is 11.2. The molecule has 1 fully saturated rings. The number of amides is 1. The lowest BCUT2D eigenvalue weighted by Gasteiger charge is -2.44. The van der Waals surface area contributed by atoms with Gasteiger partial charge in [-0.05, 0) is 87.1 Å². The highest BCUT2D eigenvalue weighted by Crippen LogP contribution is 2.42. The van der Waals surface area contributed by atoms with Crippen molar-refractivity contribution in [2.75, 3.05) is 20.3 Å². The largest absolute Gasteiger partial charge is 0.484 e. The Bertz CT molecular complexity index is 1210. The van der Waals surface area contributed by atoms with Gasteiger partial charge in [-0.25, -0.2) is 18.0 Å². The van der Waals surface area contributed by atoms with Gasteiger partial charge < -0.3 is 14.8 Å². The summed E-state index contributed by atoms with van der Waals surface area (Å²) in [4.78, 5) is 25.2. The molecule has 0 radical (unpaired) electrons. The monoisotopic (exact) mass is 530 g/mol. The lowest BCUT2D eigenvalue weighted by Crippen LogP contribution is -2.48. The van der Waals surface area contributed by atoms with Crippen LogP contribution in [0.2, 0.25) is 0 Å². The lowest BCUT2D eigenvalue weighted by molar-refractivity contribution is -0.134. The summed E-state index contributed by atoms with van der Waals surface area (Å²) in [5.74, 6) is -1.98. The molecule has 0 saturated heterocycles. The fraction of sp³-hybridized carbons (Fsp3) is 0.448. The Balaban J connectivity index is 1.69. The number of carbonyl (C=O) groups excluding carboxylic acids is 2. The molecule has 9 heteroatoms. The molecule has 2 aliphatic rings. The molecule has 0 spiro atoms. The smallest absolute Gasteiger partial charge is 0.330 e. The second-order valence-electron chi connectivity index (χ2n) is 10.6. The number of nitrogens with zero attached hydrogens (tertiary/aromatic N) is 1. The zero-order chi connectivity index (χ0) is 27.6. The Kier molecular flexibility index (Phi) is 8.16. The van der Waals surface area contributed by atoms with Crippen molar-refractivity contribution in [3.8, 4) is 5.75 Å². The van der Waals surface area contributed by atoms with Crippen LogP contribution < -0.4 is 10.1 Å². The van der Waals surface area contributed by atoms with E-state index in [1.165, 1.54) is 27.0 Å². The molecule has 4 rings (SSSR count). The SMILES string of the molecule is COC(=O)/C=C/c1cc(F)c(C2c3ccc(OCC(=O)NC4CC4)cc3CC(C)N2CC(C)(C)F)c(F)c1. The van der Waals surface area contributed by atoms with Crippen LogP contribution in [0.1, 0.15) is 61.9 Å². The quantitative estimate of drug-likeness (QED) is 0.369. The third kappa shape index (κ3) is 6.75. The van der Waals surface area contributed by atoms with Crippen LogP contribution in [-0.4, -0.2) is 54.8 Å². The zero-order valence-corrected chi connectivity index (χ0v) is 22.0. The number of fused-ring (bicyclic) bond motifs is 1. The molecule has 0 aromatic heterocycles. The molecule has 2 aromatic rings. The van der Waals surface area contributed by atoms with Crippen molar-refractivity contribution < 1.29 is 32.2 Å². The fourth-order valence-electron chi connectivity index (χ4n) is 4.83. The molecule has 1 amide bonds. The Morgan fingerprint density at radius 1 is 1.16 bits per heavy atom. The number of hydrogen-bond acceptors (Lipinski definition) is 5. The van der Waals surface area contributed by atoms with E-state index < -0.39 is 29.3 Å². The van der Waals surface area contributed by atoms with Gasteiger partial charge in [-0.3, -0.25) is 9.69 Å². The third-order valence-electron chi connectivity index (χ3n) is 6.68. The number of carbonyl (C=O) groups is 2. The molecular formula is C29H33F3N2O4. The van der Waals surface area contributed by atoms with Crippen LogP contribution in [0.5, 0.6) is 5.75 Å². The van der Waals surface area contributed by atoms with E-state index in [0.717, 1.165) is 36.6 Å². The maximum atomic E-state index is 15.5. The number of methoxy groups -OCH3 is 1. The molecule has 2 unspecified atom stereocenters. The average Bonchev–Trinajstić information content (AvgIpc) is 3.65. The molecule has 1 aliphatic heterocycles. The second-order valence-corrected chi connectivity index (χ2v) is 10.6. The van der Waals surface area contributed by atoms with E-state index in [1.54, 1.807) is 23.1 Å². The number of nitrogens with one attached hydrogen (secondary N) is 1. The Labute approximate surface area is 220 Å². The summed E-state index contributed by atoms with van der Waals surface area (Å²) in [7, 11) is 1.21. The third-order valence-corrected chi connectivity index (χ3v) is 6.68. The van der Waals surface area contributed by atoms with Crippen molar-refractivity contribution in [1.29, 1.82) is 0 Å². The van der Waals surface area contributed by atoms with Crippen LogP contribution in [0, 0.1) is 11.6 Å². The molecule has 2 atom stereocenters. The van der Waals surface area contributed by atoms with E-state index in [4.69, 9.17) is 4.74 Å². The van der Waals surface area contributed by atoms with Gasteiger partial charge >= 0.3 is 5.97 Å². The van der Waals surface area contributed by atoms with Crippen molar-refractivity contribution in [2.24, 2.45) is 0 Å². The first-order valence-electron chi connectivity index (χ1n) is 12.7. The summed E-state index contributed by atoms with van der Waals surface area (Å²) < 4.78 is 56.2. The average molecular weight is 531 g/mol. The number of benzene rings is 2. The molecule has 0 bridgehead atoms. The van der Waals surface area contributed by atoms with Gasteiger partial charge in [-0.15, -0.1) is 0 Å². The minimum Gasteiger partial charge on any atom is -0.484 e. The topological polar surface area (TPSA) is 67.9 Å². The molecule has 1 heterocycles. The van der Waals surface area contributed by atoms with Gasteiger partial charge in [-0.1, -0.05) is 6.07 Å². The number of halogens is 3. The summed E-state index contributed by atoms with van der Waals surface area (Å²) >= 11 is 0. The van der Waals surface area contributed by atoms with E-state index in [-0.39, 0.29) is 42.3 Å². The van der Waals surface area contributed by atoms with Crippen LogP contribution in [-0.2, 0) is 20.7 Å². The first-order valence-corrected chi connectivity index (χ1v) is 12.7. The summed E-state index contributed by atoms with van der Waals surface area (Å²) in [6.07, 6.45) is 4.81. The van der Waals surface area contributed by atoms with E-state index >= 15 is 8.78 Å². The van der Waals surface area contributed by atoms with Crippen LogP contribution in [0.3, 0.4) is 0 Å². The summed E-state index contributed by atoms with van der Waals surface area (Å²) in [5, 5.41) is 2.87. The van der Waals surface area contributed by atoms with Crippen molar-refractivity contribution in [1.82, 2.24) is 10.2 Å². The molecule has 2 aromatic carbocycles. The number of hydrogen-bond donors (Lipinski definition) is 1. The van der Waals surface area contributed by atoms with Gasteiger partial charge in [0, 0.05) is 30.3 Å². The molecule has 38 heavy (non-hydrogen) atoms. The highest BCUT2D eigenvalue weighted by molar-refractivity contribution is 5.86. The first kappa shape index (κ1) is 27.7. The van der Waals surface area contributed by atoms with Gasteiger partial charge in [0.2, 0.25) is 0 Å². The van der Waals surface area contributed by atoms with Crippen molar-refractivity contribution in [2.45, 2.75) is 63.8 Å². The van der Waals surface area contributed by atoms with E-state index in [1.807, 2.05) is 6.92 Å². The fourth-order valence-corrected chi connectivity index (χ4v) is 4.83. The summed E-state index contributed by atoms with van der Waals surface area (Å²) in [6, 6.07) is 6.55. The number of alkyl halides is 1. The maximum Gasteiger partial charge on any atom is 0.330 e. The van der Waals surface area contributed by atoms with Gasteiger partial charge in [0.05, 0.1) is 13.2 Å². The van der Waals surface area contributed by atoms with E-state index in [0.29, 0.717) is 17.7 Å². The normalized spacial score (nSPS) is 19.8. The highest BCUT2D eigenvalue weighted by Gasteiger charge is 2.39. The maximum absolute atomic E-state index is 15.5. The lowest BCUT2D eigenvalue weighted by atomic mass is 9.83. The van der Waals surface area contributed by atoms with Crippen molar-refractivity contribution >= 4 is 18.0 Å². The first-order chi connectivity index (χ1) is 17.9. The molecule has 1 aliphatic carbocycles. The van der Waals surface area contributed by atoms with Crippen molar-refractivity contribution in [3.63, 3.8) is 0 Å². The molecule has 1 N–H and O–H groups in total. The van der Waals surface area contributed by atoms with E-state index in [9.17, 15) is 14.0 Å². The summed E-state index contributed by atoms with van der Waals surface area (Å²) in [6.45, 7) is 4.59. The number of ether oxygens (including phenoxy) is 2. The summed E-state index contributed by atoms with van der Waals surface area (Å²) in [5.41, 5.74) is -0.210. The Hall–Kier alpha value is -3.33. The Morgan fingerprint density at radius 3 is 2.45 bits per heavy atom.